The van der Waals surface area contributed by atoms with Crippen molar-refractivity contribution in [1.29, 1.82) is 0 Å². The predicted octanol–water partition coefficient (Wildman–Crippen LogP) is 3.95. The Balaban J connectivity index is 3.32. The number of methoxy groups -OCH3 is 1. The lowest BCUT2D eigenvalue weighted by Crippen LogP contribution is -2.51. The summed E-state index contributed by atoms with van der Waals surface area (Å²) in [5, 5.41) is 2.53. The van der Waals surface area contributed by atoms with Crippen molar-refractivity contribution < 1.29 is 18.8 Å². The molecule has 0 spiro atoms. The van der Waals surface area contributed by atoms with Crippen molar-refractivity contribution >= 4 is 20.4 Å². The molecule has 1 rings (SSSR count). The Morgan fingerprint density at radius 2 is 1.54 bits per heavy atom. The second kappa shape index (κ2) is 11.0. The van der Waals surface area contributed by atoms with Gasteiger partial charge in [0.2, 0.25) is 0 Å². The van der Waals surface area contributed by atoms with Gasteiger partial charge in [0.05, 0.1) is 6.10 Å². The minimum Gasteiger partial charge on any atom is -0.406 e. The molecule has 0 amide bonds. The molecule has 0 radical (unpaired) electrons. The SMILES string of the molecule is COCO[C@@H](C)/C=C(/B(OC(C)C)OC(C)C)[Si](C)(C)c1ccccc1. The zero-order valence-corrected chi connectivity index (χ0v) is 18.6. The van der Waals surface area contributed by atoms with Crippen LogP contribution in [0, 0.1) is 0 Å². The highest BCUT2D eigenvalue weighted by atomic mass is 28.3. The molecule has 0 unspecified atom stereocenters. The second-order valence-corrected chi connectivity index (χ2v) is 12.0. The smallest absolute Gasteiger partial charge is 0.406 e. The maximum absolute atomic E-state index is 6.19. The first kappa shape index (κ1) is 23.1. The molecule has 0 aromatic heterocycles. The number of hydrogen-bond donors (Lipinski definition) is 0. The van der Waals surface area contributed by atoms with E-state index in [2.05, 4.69) is 49.5 Å². The van der Waals surface area contributed by atoms with Gasteiger partial charge in [-0.1, -0.05) is 54.7 Å². The van der Waals surface area contributed by atoms with Gasteiger partial charge in [-0.3, -0.25) is 0 Å². The van der Waals surface area contributed by atoms with Gasteiger partial charge in [0.1, 0.15) is 14.9 Å². The minimum atomic E-state index is -2.02. The number of ether oxygens (including phenoxy) is 2. The van der Waals surface area contributed by atoms with Gasteiger partial charge in [-0.05, 0) is 39.7 Å². The number of benzene rings is 1. The van der Waals surface area contributed by atoms with Crippen molar-refractivity contribution in [2.75, 3.05) is 13.9 Å². The van der Waals surface area contributed by atoms with E-state index in [0.717, 1.165) is 0 Å². The standard InChI is InChI=1S/C20H35BO4Si/c1-16(2)24-21(25-17(3)4)20(14-18(5)23-15-22-6)26(7,8)19-12-10-9-11-13-19/h9-14,16-18H,15H2,1-8H3/b20-14-/t18-/m0/s1. The summed E-state index contributed by atoms with van der Waals surface area (Å²) >= 11 is 0. The van der Waals surface area contributed by atoms with E-state index in [-0.39, 0.29) is 32.2 Å². The van der Waals surface area contributed by atoms with E-state index in [0.29, 0.717) is 0 Å². The first-order chi connectivity index (χ1) is 12.2. The molecule has 4 nitrogen and oxygen atoms in total. The molecule has 0 saturated heterocycles. The Morgan fingerprint density at radius 3 is 2.00 bits per heavy atom. The summed E-state index contributed by atoms with van der Waals surface area (Å²) in [6, 6.07) is 10.6. The van der Waals surface area contributed by atoms with Gasteiger partial charge in [-0.25, -0.2) is 0 Å². The zero-order chi connectivity index (χ0) is 19.7. The van der Waals surface area contributed by atoms with Crippen LogP contribution in [-0.4, -0.2) is 47.4 Å². The topological polar surface area (TPSA) is 36.9 Å². The molecule has 1 aromatic rings. The van der Waals surface area contributed by atoms with Gasteiger partial charge in [-0.15, -0.1) is 0 Å². The van der Waals surface area contributed by atoms with E-state index in [1.807, 2.05) is 34.6 Å². The second-order valence-electron chi connectivity index (χ2n) is 7.59. The molecule has 0 aliphatic heterocycles. The van der Waals surface area contributed by atoms with Crippen molar-refractivity contribution in [2.24, 2.45) is 0 Å². The van der Waals surface area contributed by atoms with Crippen LogP contribution in [0.3, 0.4) is 0 Å². The Labute approximate surface area is 161 Å². The molecule has 26 heavy (non-hydrogen) atoms. The molecular weight excluding hydrogens is 343 g/mol. The summed E-state index contributed by atoms with van der Waals surface area (Å²) in [6.07, 6.45) is 2.21. The lowest BCUT2D eigenvalue weighted by molar-refractivity contribution is -0.0496. The Hall–Kier alpha value is -0.918. The molecule has 0 aliphatic carbocycles. The molecule has 0 aliphatic rings. The van der Waals surface area contributed by atoms with E-state index in [4.69, 9.17) is 18.8 Å². The highest BCUT2D eigenvalue weighted by Gasteiger charge is 2.39. The minimum absolute atomic E-state index is 0.0675. The molecule has 0 fully saturated rings. The summed E-state index contributed by atoms with van der Waals surface area (Å²) in [5.41, 5.74) is 0. The lowest BCUT2D eigenvalue weighted by atomic mass is 9.86. The van der Waals surface area contributed by atoms with Crippen LogP contribution in [0.25, 0.3) is 0 Å². The number of hydrogen-bond acceptors (Lipinski definition) is 4. The molecular formula is C20H35BO4Si. The predicted molar refractivity (Wildman–Crippen MR) is 112 cm³/mol. The molecule has 6 heteroatoms. The molecule has 0 heterocycles. The maximum Gasteiger partial charge on any atom is 0.485 e. The maximum atomic E-state index is 6.19. The normalized spacial score (nSPS) is 14.2. The zero-order valence-electron chi connectivity index (χ0n) is 17.6. The lowest BCUT2D eigenvalue weighted by Gasteiger charge is -2.32. The summed E-state index contributed by atoms with van der Waals surface area (Å²) in [6.45, 7) is 15.1. The van der Waals surface area contributed by atoms with Crippen LogP contribution < -0.4 is 5.19 Å². The quantitative estimate of drug-likeness (QED) is 0.432. The van der Waals surface area contributed by atoms with E-state index in [9.17, 15) is 0 Å². The summed E-state index contributed by atoms with van der Waals surface area (Å²) in [5.74, 6) is 0. The molecule has 146 valence electrons. The summed E-state index contributed by atoms with van der Waals surface area (Å²) in [4.78, 5) is 0. The molecule has 0 N–H and O–H groups in total. The Morgan fingerprint density at radius 1 is 1.00 bits per heavy atom. The molecule has 1 aromatic carbocycles. The average Bonchev–Trinajstić information content (AvgIpc) is 2.57. The van der Waals surface area contributed by atoms with Crippen LogP contribution >= 0.6 is 0 Å². The van der Waals surface area contributed by atoms with Crippen LogP contribution in [0.15, 0.2) is 41.5 Å². The monoisotopic (exact) mass is 378 g/mol. The highest BCUT2D eigenvalue weighted by molar-refractivity contribution is 7.04. The van der Waals surface area contributed by atoms with Gasteiger partial charge >= 0.3 is 7.12 Å². The van der Waals surface area contributed by atoms with Crippen LogP contribution in [0.2, 0.25) is 13.1 Å². The van der Waals surface area contributed by atoms with Gasteiger partial charge in [0.25, 0.3) is 0 Å². The van der Waals surface area contributed by atoms with Crippen molar-refractivity contribution in [2.45, 2.75) is 66.0 Å². The van der Waals surface area contributed by atoms with Crippen molar-refractivity contribution in [3.8, 4) is 0 Å². The van der Waals surface area contributed by atoms with Crippen LogP contribution in [0.1, 0.15) is 34.6 Å². The third kappa shape index (κ3) is 7.37. The van der Waals surface area contributed by atoms with Crippen molar-refractivity contribution in [3.63, 3.8) is 0 Å². The average molecular weight is 378 g/mol. The van der Waals surface area contributed by atoms with E-state index < -0.39 is 8.07 Å². The fraction of sp³-hybridized carbons (Fsp3) is 0.600. The first-order valence-electron chi connectivity index (χ1n) is 9.37. The van der Waals surface area contributed by atoms with Crippen LogP contribution in [0.5, 0.6) is 0 Å². The largest absolute Gasteiger partial charge is 0.485 e. The van der Waals surface area contributed by atoms with Crippen LogP contribution in [-0.2, 0) is 18.8 Å². The van der Waals surface area contributed by atoms with Gasteiger partial charge in [0.15, 0.2) is 0 Å². The third-order valence-electron chi connectivity index (χ3n) is 4.13. The van der Waals surface area contributed by atoms with Crippen molar-refractivity contribution in [1.82, 2.24) is 0 Å². The molecule has 0 saturated carbocycles. The Kier molecular flexibility index (Phi) is 9.82. The first-order valence-corrected chi connectivity index (χ1v) is 12.4. The summed E-state index contributed by atoms with van der Waals surface area (Å²) < 4.78 is 23.2. The molecule has 0 bridgehead atoms. The van der Waals surface area contributed by atoms with Gasteiger partial charge in [0, 0.05) is 19.3 Å². The van der Waals surface area contributed by atoms with E-state index >= 15 is 0 Å². The van der Waals surface area contributed by atoms with Crippen LogP contribution in [0.4, 0.5) is 0 Å². The van der Waals surface area contributed by atoms with E-state index in [1.54, 1.807) is 7.11 Å². The van der Waals surface area contributed by atoms with Crippen molar-refractivity contribution in [3.05, 3.63) is 41.5 Å². The number of rotatable bonds is 11. The highest BCUT2D eigenvalue weighted by Crippen LogP contribution is 2.23. The Bertz CT molecular complexity index is 536. The molecule has 1 atom stereocenters. The van der Waals surface area contributed by atoms with Gasteiger partial charge < -0.3 is 18.8 Å². The van der Waals surface area contributed by atoms with Gasteiger partial charge in [-0.2, -0.15) is 0 Å². The third-order valence-corrected chi connectivity index (χ3v) is 7.75. The fourth-order valence-corrected chi connectivity index (χ4v) is 5.49. The fourth-order valence-electron chi connectivity index (χ4n) is 2.75. The van der Waals surface area contributed by atoms with E-state index in [1.165, 1.54) is 10.3 Å². The summed E-state index contributed by atoms with van der Waals surface area (Å²) in [7, 11) is -0.770.